The zero-order chi connectivity index (χ0) is 16.0. The second kappa shape index (κ2) is 6.99. The van der Waals surface area contributed by atoms with Gasteiger partial charge in [0.25, 0.3) is 11.6 Å². The van der Waals surface area contributed by atoms with E-state index in [0.717, 1.165) is 18.2 Å². The van der Waals surface area contributed by atoms with Gasteiger partial charge in [-0.25, -0.2) is 13.1 Å². The predicted molar refractivity (Wildman–Crippen MR) is 74.6 cm³/mol. The second-order valence-corrected chi connectivity index (χ2v) is 5.96. The second-order valence-electron chi connectivity index (χ2n) is 4.03. The molecule has 0 radical (unpaired) electrons. The van der Waals surface area contributed by atoms with Gasteiger partial charge >= 0.3 is 0 Å². The van der Waals surface area contributed by atoms with Crippen LogP contribution in [0.4, 0.5) is 5.69 Å². The smallest absolute Gasteiger partial charge is 0.282 e. The summed E-state index contributed by atoms with van der Waals surface area (Å²) in [6.07, 6.45) is 0. The van der Waals surface area contributed by atoms with E-state index >= 15 is 0 Å². The van der Waals surface area contributed by atoms with Crippen molar-refractivity contribution >= 4 is 21.6 Å². The Kier molecular flexibility index (Phi) is 5.61. The molecule has 0 heterocycles. The molecular weight excluding hydrogens is 302 g/mol. The van der Waals surface area contributed by atoms with Crippen molar-refractivity contribution in [2.75, 3.05) is 18.8 Å². The molecule has 1 aromatic rings. The first-order valence-corrected chi connectivity index (χ1v) is 7.65. The molecule has 0 saturated heterocycles. The number of nitro benzene ring substituents is 1. The molecule has 0 saturated carbocycles. The molecular formula is C11H15N3O6S. The number of nitro groups is 1. The van der Waals surface area contributed by atoms with Crippen molar-refractivity contribution < 1.29 is 23.2 Å². The third kappa shape index (κ3) is 5.00. The van der Waals surface area contributed by atoms with Crippen LogP contribution in [0.25, 0.3) is 0 Å². The van der Waals surface area contributed by atoms with Crippen molar-refractivity contribution in [3.05, 3.63) is 33.9 Å². The van der Waals surface area contributed by atoms with Gasteiger partial charge in [-0.1, -0.05) is 6.92 Å². The van der Waals surface area contributed by atoms with E-state index in [9.17, 15) is 28.4 Å². The molecule has 0 aromatic heterocycles. The maximum atomic E-state index is 11.8. The first-order chi connectivity index (χ1) is 9.76. The minimum Gasteiger partial charge on any atom is -0.508 e. The summed E-state index contributed by atoms with van der Waals surface area (Å²) in [5.74, 6) is -1.48. The molecule has 10 heteroatoms. The van der Waals surface area contributed by atoms with Crippen LogP contribution in [-0.2, 0) is 10.0 Å². The molecule has 1 amide bonds. The molecule has 21 heavy (non-hydrogen) atoms. The Hall–Kier alpha value is -2.20. The SMILES string of the molecule is CCNS(=O)(=O)CCNC(=O)c1cc(O)ccc1[N+](=O)[O-]. The summed E-state index contributed by atoms with van der Waals surface area (Å²) in [6.45, 7) is 1.64. The molecule has 0 aliphatic rings. The highest BCUT2D eigenvalue weighted by Crippen LogP contribution is 2.22. The molecule has 0 aliphatic heterocycles. The van der Waals surface area contributed by atoms with Gasteiger partial charge in [0.2, 0.25) is 10.0 Å². The minimum atomic E-state index is -3.49. The van der Waals surface area contributed by atoms with Gasteiger partial charge < -0.3 is 10.4 Å². The monoisotopic (exact) mass is 317 g/mol. The Morgan fingerprint density at radius 2 is 2.10 bits per heavy atom. The number of benzene rings is 1. The van der Waals surface area contributed by atoms with Crippen LogP contribution in [0, 0.1) is 10.1 Å². The van der Waals surface area contributed by atoms with Crippen LogP contribution in [0.2, 0.25) is 0 Å². The van der Waals surface area contributed by atoms with E-state index < -0.39 is 26.5 Å². The van der Waals surface area contributed by atoms with Crippen LogP contribution >= 0.6 is 0 Å². The average Bonchev–Trinajstić information content (AvgIpc) is 2.37. The number of sulfonamides is 1. The lowest BCUT2D eigenvalue weighted by Crippen LogP contribution is -2.34. The lowest BCUT2D eigenvalue weighted by molar-refractivity contribution is -0.385. The Morgan fingerprint density at radius 3 is 2.67 bits per heavy atom. The molecule has 0 bridgehead atoms. The van der Waals surface area contributed by atoms with Crippen molar-refractivity contribution in [2.24, 2.45) is 0 Å². The van der Waals surface area contributed by atoms with Crippen molar-refractivity contribution in [1.82, 2.24) is 10.0 Å². The summed E-state index contributed by atoms with van der Waals surface area (Å²) < 4.78 is 25.0. The molecule has 116 valence electrons. The molecule has 0 spiro atoms. The first-order valence-electron chi connectivity index (χ1n) is 5.99. The first kappa shape index (κ1) is 16.9. The Morgan fingerprint density at radius 1 is 1.43 bits per heavy atom. The highest BCUT2D eigenvalue weighted by atomic mass is 32.2. The lowest BCUT2D eigenvalue weighted by Gasteiger charge is -2.07. The maximum absolute atomic E-state index is 11.8. The standard InChI is InChI=1S/C11H15N3O6S/c1-2-13-21(19,20)6-5-12-11(16)9-7-8(15)3-4-10(9)14(17)18/h3-4,7,13,15H,2,5-6H2,1H3,(H,12,16). The topological polar surface area (TPSA) is 139 Å². The third-order valence-electron chi connectivity index (χ3n) is 2.44. The quantitative estimate of drug-likeness (QED) is 0.477. The summed E-state index contributed by atoms with van der Waals surface area (Å²) >= 11 is 0. The fraction of sp³-hybridized carbons (Fsp3) is 0.364. The van der Waals surface area contributed by atoms with Gasteiger partial charge in [0.05, 0.1) is 10.7 Å². The fourth-order valence-corrected chi connectivity index (χ4v) is 2.51. The van der Waals surface area contributed by atoms with Gasteiger partial charge in [0.15, 0.2) is 0 Å². The molecule has 9 nitrogen and oxygen atoms in total. The van der Waals surface area contributed by atoms with Gasteiger partial charge in [0, 0.05) is 19.2 Å². The summed E-state index contributed by atoms with van der Waals surface area (Å²) in [5.41, 5.74) is -0.805. The summed E-state index contributed by atoms with van der Waals surface area (Å²) in [6, 6.07) is 3.04. The Balaban J connectivity index is 2.77. The third-order valence-corrected chi connectivity index (χ3v) is 3.91. The van der Waals surface area contributed by atoms with Crippen molar-refractivity contribution in [3.8, 4) is 5.75 Å². The van der Waals surface area contributed by atoms with Crippen molar-refractivity contribution in [2.45, 2.75) is 6.92 Å². The Labute approximate surface area is 121 Å². The number of carbonyl (C=O) groups is 1. The number of nitrogens with one attached hydrogen (secondary N) is 2. The van der Waals surface area contributed by atoms with Crippen molar-refractivity contribution in [1.29, 1.82) is 0 Å². The van der Waals surface area contributed by atoms with E-state index in [2.05, 4.69) is 10.0 Å². The number of amides is 1. The minimum absolute atomic E-state index is 0.207. The number of carbonyl (C=O) groups excluding carboxylic acids is 1. The van der Waals surface area contributed by atoms with Crippen LogP contribution in [0.5, 0.6) is 5.75 Å². The highest BCUT2D eigenvalue weighted by Gasteiger charge is 2.21. The van der Waals surface area contributed by atoms with Gasteiger partial charge in [-0.3, -0.25) is 14.9 Å². The zero-order valence-corrected chi connectivity index (χ0v) is 12.0. The van der Waals surface area contributed by atoms with Crippen LogP contribution < -0.4 is 10.0 Å². The van der Waals surface area contributed by atoms with E-state index in [4.69, 9.17) is 0 Å². The largest absolute Gasteiger partial charge is 0.508 e. The van der Waals surface area contributed by atoms with Crippen LogP contribution in [0.15, 0.2) is 18.2 Å². The summed E-state index contributed by atoms with van der Waals surface area (Å²) in [5, 5.41) is 22.3. The van der Waals surface area contributed by atoms with Crippen molar-refractivity contribution in [3.63, 3.8) is 0 Å². The predicted octanol–water partition coefficient (Wildman–Crippen LogP) is -0.0305. The van der Waals surface area contributed by atoms with Crippen LogP contribution in [0.1, 0.15) is 17.3 Å². The fourth-order valence-electron chi connectivity index (χ4n) is 1.55. The molecule has 0 atom stereocenters. The number of nitrogens with zero attached hydrogens (tertiary/aromatic N) is 1. The lowest BCUT2D eigenvalue weighted by atomic mass is 10.1. The molecule has 3 N–H and O–H groups in total. The van der Waals surface area contributed by atoms with E-state index in [-0.39, 0.29) is 30.2 Å². The highest BCUT2D eigenvalue weighted by molar-refractivity contribution is 7.89. The summed E-state index contributed by atoms with van der Waals surface area (Å²) in [7, 11) is -3.49. The van der Waals surface area contributed by atoms with E-state index in [0.29, 0.717) is 0 Å². The molecule has 1 aromatic carbocycles. The number of phenols is 1. The summed E-state index contributed by atoms with van der Waals surface area (Å²) in [4.78, 5) is 21.9. The molecule has 0 unspecified atom stereocenters. The molecule has 1 rings (SSSR count). The maximum Gasteiger partial charge on any atom is 0.282 e. The van der Waals surface area contributed by atoms with Crippen LogP contribution in [0.3, 0.4) is 0 Å². The van der Waals surface area contributed by atoms with Gasteiger partial charge in [-0.15, -0.1) is 0 Å². The normalized spacial score (nSPS) is 11.1. The number of aromatic hydroxyl groups is 1. The number of phenolic OH excluding ortho intramolecular Hbond substituents is 1. The van der Waals surface area contributed by atoms with E-state index in [1.807, 2.05) is 0 Å². The average molecular weight is 317 g/mol. The Bertz CT molecular complexity index is 643. The van der Waals surface area contributed by atoms with E-state index in [1.165, 1.54) is 0 Å². The number of hydrogen-bond acceptors (Lipinski definition) is 6. The molecule has 0 aliphatic carbocycles. The molecule has 0 fully saturated rings. The zero-order valence-electron chi connectivity index (χ0n) is 11.2. The van der Waals surface area contributed by atoms with Crippen LogP contribution in [-0.4, -0.2) is 43.2 Å². The van der Waals surface area contributed by atoms with Gasteiger partial charge in [-0.05, 0) is 12.1 Å². The van der Waals surface area contributed by atoms with Gasteiger partial charge in [-0.2, -0.15) is 0 Å². The number of hydrogen-bond donors (Lipinski definition) is 3. The number of rotatable bonds is 7. The van der Waals surface area contributed by atoms with E-state index in [1.54, 1.807) is 6.92 Å². The van der Waals surface area contributed by atoms with Gasteiger partial charge in [0.1, 0.15) is 11.3 Å².